The van der Waals surface area contributed by atoms with Gasteiger partial charge in [-0.25, -0.2) is 0 Å². The molecule has 0 saturated carbocycles. The van der Waals surface area contributed by atoms with Gasteiger partial charge in [0.05, 0.1) is 46.8 Å². The predicted octanol–water partition coefficient (Wildman–Crippen LogP) is 4.59. The number of hydrogen-bond acceptors (Lipinski definition) is 7. The summed E-state index contributed by atoms with van der Waals surface area (Å²) in [7, 11) is 1.72. The molecule has 39 heavy (non-hydrogen) atoms. The van der Waals surface area contributed by atoms with Gasteiger partial charge in [0.25, 0.3) is 0 Å². The van der Waals surface area contributed by atoms with E-state index in [9.17, 15) is 0 Å². The summed E-state index contributed by atoms with van der Waals surface area (Å²) in [6.45, 7) is 11.0. The Balaban J connectivity index is 1.27. The number of methoxy groups -OCH3 is 1. The topological polar surface area (TPSA) is 46.6 Å². The van der Waals surface area contributed by atoms with Crippen molar-refractivity contribution in [2.75, 3.05) is 82.7 Å². The molecule has 2 fully saturated rings. The number of hydrogen-bond donors (Lipinski definition) is 0. The highest BCUT2D eigenvalue weighted by Gasteiger charge is 2.14. The average molecular weight is 532 g/mol. The predicted molar refractivity (Wildman–Crippen MR) is 156 cm³/mol. The summed E-state index contributed by atoms with van der Waals surface area (Å²) in [5.41, 5.74) is 6.13. The fourth-order valence-electron chi connectivity index (χ4n) is 5.14. The van der Waals surface area contributed by atoms with E-state index in [1.165, 1.54) is 28.1 Å². The van der Waals surface area contributed by atoms with E-state index in [0.29, 0.717) is 6.61 Å². The zero-order chi connectivity index (χ0) is 26.7. The van der Waals surface area contributed by atoms with Crippen molar-refractivity contribution < 1.29 is 18.9 Å². The van der Waals surface area contributed by atoms with Crippen molar-refractivity contribution >= 4 is 11.4 Å². The Labute approximate surface area is 232 Å². The molecule has 5 rings (SSSR count). The van der Waals surface area contributed by atoms with Gasteiger partial charge in [-0.3, -0.25) is 4.90 Å². The van der Waals surface area contributed by atoms with E-state index in [1.54, 1.807) is 7.11 Å². The summed E-state index contributed by atoms with van der Waals surface area (Å²) in [5.74, 6) is 0.879. The second-order valence-electron chi connectivity index (χ2n) is 10.1. The maximum absolute atomic E-state index is 6.06. The third-order valence-corrected chi connectivity index (χ3v) is 7.39. The van der Waals surface area contributed by atoms with E-state index in [-0.39, 0.29) is 0 Å². The lowest BCUT2D eigenvalue weighted by Crippen LogP contribution is -2.38. The van der Waals surface area contributed by atoms with Crippen molar-refractivity contribution in [2.45, 2.75) is 19.7 Å². The molecule has 0 bridgehead atoms. The van der Waals surface area contributed by atoms with Gasteiger partial charge >= 0.3 is 0 Å². The van der Waals surface area contributed by atoms with E-state index in [0.717, 1.165) is 84.6 Å². The molecule has 0 aromatic heterocycles. The molecule has 7 heteroatoms. The first kappa shape index (κ1) is 27.5. The summed E-state index contributed by atoms with van der Waals surface area (Å²) in [6, 6.07) is 26.1. The highest BCUT2D eigenvalue weighted by atomic mass is 16.5. The number of morpholine rings is 2. The second kappa shape index (κ2) is 14.3. The molecule has 0 aliphatic carbocycles. The van der Waals surface area contributed by atoms with E-state index in [2.05, 4.69) is 81.4 Å². The van der Waals surface area contributed by atoms with Crippen LogP contribution in [-0.4, -0.2) is 77.8 Å². The van der Waals surface area contributed by atoms with Gasteiger partial charge in [-0.2, -0.15) is 0 Å². The largest absolute Gasteiger partial charge is 0.497 e. The Kier molecular flexibility index (Phi) is 10.1. The molecule has 0 atom stereocenters. The zero-order valence-corrected chi connectivity index (χ0v) is 23.1. The van der Waals surface area contributed by atoms with E-state index >= 15 is 0 Å². The second-order valence-corrected chi connectivity index (χ2v) is 10.1. The van der Waals surface area contributed by atoms with Crippen LogP contribution in [0, 0.1) is 0 Å². The van der Waals surface area contributed by atoms with E-state index < -0.39 is 0 Å². The summed E-state index contributed by atoms with van der Waals surface area (Å²) < 4.78 is 22.5. The number of benzene rings is 3. The molecular formula is C32H41N3O4. The van der Waals surface area contributed by atoms with E-state index in [4.69, 9.17) is 18.9 Å². The zero-order valence-electron chi connectivity index (χ0n) is 23.1. The molecule has 3 aromatic rings. The van der Waals surface area contributed by atoms with Gasteiger partial charge in [-0.05, 0) is 53.1 Å². The van der Waals surface area contributed by atoms with Crippen LogP contribution in [-0.2, 0) is 33.9 Å². The van der Waals surface area contributed by atoms with Gasteiger partial charge in [0.15, 0.2) is 0 Å². The van der Waals surface area contributed by atoms with Gasteiger partial charge in [0.2, 0.25) is 0 Å². The standard InChI is InChI=1S/C32H41N3O4/c1-36-32-7-3-4-28(23-32)25-35(24-27-8-10-30(11-9-27)34-15-20-38-21-16-34)31-6-2-5-29(22-31)26-39-19-14-33-12-17-37-18-13-33/h2-11,22-23H,12-21,24-26H2,1H3. The van der Waals surface area contributed by atoms with Crippen LogP contribution in [0.5, 0.6) is 5.75 Å². The van der Waals surface area contributed by atoms with Crippen LogP contribution < -0.4 is 14.5 Å². The van der Waals surface area contributed by atoms with Gasteiger partial charge in [-0.1, -0.05) is 36.4 Å². The van der Waals surface area contributed by atoms with Crippen LogP contribution in [0.3, 0.4) is 0 Å². The summed E-state index contributed by atoms with van der Waals surface area (Å²) in [4.78, 5) is 7.22. The maximum atomic E-state index is 6.06. The fourth-order valence-corrected chi connectivity index (χ4v) is 5.14. The van der Waals surface area contributed by atoms with Gasteiger partial charge in [0.1, 0.15) is 5.75 Å². The van der Waals surface area contributed by atoms with Gasteiger partial charge in [0, 0.05) is 57.2 Å². The molecule has 2 aliphatic heterocycles. The number of ether oxygens (including phenoxy) is 4. The van der Waals surface area contributed by atoms with Crippen LogP contribution in [0.2, 0.25) is 0 Å². The molecule has 2 heterocycles. The van der Waals surface area contributed by atoms with Gasteiger partial charge in [-0.15, -0.1) is 0 Å². The Morgan fingerprint density at radius 1 is 0.744 bits per heavy atom. The SMILES string of the molecule is COc1cccc(CN(Cc2ccc(N3CCOCC3)cc2)c2cccc(COCCN3CCOCC3)c2)c1. The highest BCUT2D eigenvalue weighted by molar-refractivity contribution is 5.52. The minimum Gasteiger partial charge on any atom is -0.497 e. The molecular weight excluding hydrogens is 490 g/mol. The van der Waals surface area contributed by atoms with Crippen molar-refractivity contribution in [1.82, 2.24) is 4.90 Å². The Morgan fingerprint density at radius 3 is 2.21 bits per heavy atom. The normalized spacial score (nSPS) is 16.3. The van der Waals surface area contributed by atoms with Crippen molar-refractivity contribution in [3.8, 4) is 5.75 Å². The molecule has 0 N–H and O–H groups in total. The highest BCUT2D eigenvalue weighted by Crippen LogP contribution is 2.25. The number of anilines is 2. The van der Waals surface area contributed by atoms with Crippen LogP contribution in [0.1, 0.15) is 16.7 Å². The molecule has 208 valence electrons. The first-order chi connectivity index (χ1) is 19.3. The Hall–Kier alpha value is -3.10. The minimum atomic E-state index is 0.611. The van der Waals surface area contributed by atoms with Crippen molar-refractivity contribution in [3.63, 3.8) is 0 Å². The first-order valence-corrected chi connectivity index (χ1v) is 14.0. The summed E-state index contributed by atoms with van der Waals surface area (Å²) in [5, 5.41) is 0. The molecule has 0 amide bonds. The molecule has 0 unspecified atom stereocenters. The smallest absolute Gasteiger partial charge is 0.119 e. The third-order valence-electron chi connectivity index (χ3n) is 7.39. The summed E-state index contributed by atoms with van der Waals surface area (Å²) >= 11 is 0. The quantitative estimate of drug-likeness (QED) is 0.317. The number of nitrogens with zero attached hydrogens (tertiary/aromatic N) is 3. The van der Waals surface area contributed by atoms with Crippen molar-refractivity contribution in [2.24, 2.45) is 0 Å². The molecule has 0 spiro atoms. The number of rotatable bonds is 12. The molecule has 2 aliphatic rings. The van der Waals surface area contributed by atoms with Crippen molar-refractivity contribution in [3.05, 3.63) is 89.5 Å². The van der Waals surface area contributed by atoms with Crippen LogP contribution in [0.4, 0.5) is 11.4 Å². The van der Waals surface area contributed by atoms with Crippen LogP contribution in [0.15, 0.2) is 72.8 Å². The fraction of sp³-hybridized carbons (Fsp3) is 0.438. The van der Waals surface area contributed by atoms with E-state index in [1.807, 2.05) is 6.07 Å². The summed E-state index contributed by atoms with van der Waals surface area (Å²) in [6.07, 6.45) is 0. The first-order valence-electron chi connectivity index (χ1n) is 14.0. The molecule has 0 radical (unpaired) electrons. The lowest BCUT2D eigenvalue weighted by atomic mass is 10.1. The average Bonchev–Trinajstić information content (AvgIpc) is 3.00. The molecule has 2 saturated heterocycles. The lowest BCUT2D eigenvalue weighted by Gasteiger charge is -2.29. The Bertz CT molecular complexity index is 1140. The monoisotopic (exact) mass is 531 g/mol. The van der Waals surface area contributed by atoms with Crippen LogP contribution >= 0.6 is 0 Å². The van der Waals surface area contributed by atoms with Crippen LogP contribution in [0.25, 0.3) is 0 Å². The third kappa shape index (κ3) is 8.19. The maximum Gasteiger partial charge on any atom is 0.119 e. The molecule has 3 aromatic carbocycles. The minimum absolute atomic E-state index is 0.611. The van der Waals surface area contributed by atoms with Crippen molar-refractivity contribution in [1.29, 1.82) is 0 Å². The molecule has 7 nitrogen and oxygen atoms in total. The lowest BCUT2D eigenvalue weighted by molar-refractivity contribution is 0.0180. The Morgan fingerprint density at radius 2 is 1.44 bits per heavy atom. The van der Waals surface area contributed by atoms with Gasteiger partial charge < -0.3 is 28.7 Å².